The average Bonchev–Trinajstić information content (AvgIpc) is 2.78. The fourth-order valence-corrected chi connectivity index (χ4v) is 4.10. The van der Waals surface area contributed by atoms with E-state index in [0.717, 1.165) is 30.2 Å². The number of ether oxygens (including phenoxy) is 2. The normalized spacial score (nSPS) is 15.4. The van der Waals surface area contributed by atoms with Crippen LogP contribution in [0.15, 0.2) is 30.5 Å². The second-order valence-electron chi connectivity index (χ2n) is 7.74. The van der Waals surface area contributed by atoms with Crippen LogP contribution in [0.4, 0.5) is 26.0 Å². The van der Waals surface area contributed by atoms with Gasteiger partial charge in [0.15, 0.2) is 11.6 Å². The lowest BCUT2D eigenvalue weighted by atomic mass is 9.95. The molecule has 1 aromatic heterocycles. The number of anilines is 3. The van der Waals surface area contributed by atoms with Gasteiger partial charge in [0.2, 0.25) is 5.82 Å². The Kier molecular flexibility index (Phi) is 8.35. The predicted molar refractivity (Wildman–Crippen MR) is 118 cm³/mol. The highest BCUT2D eigenvalue weighted by molar-refractivity contribution is 5.76. The van der Waals surface area contributed by atoms with Gasteiger partial charge >= 0.3 is 5.97 Å². The van der Waals surface area contributed by atoms with Crippen molar-refractivity contribution in [1.82, 2.24) is 4.98 Å². The Hall–Kier alpha value is -2.78. The fourth-order valence-electron chi connectivity index (χ4n) is 4.10. The summed E-state index contributed by atoms with van der Waals surface area (Å²) in [7, 11) is 1.51. The van der Waals surface area contributed by atoms with Crippen molar-refractivity contribution < 1.29 is 28.2 Å². The van der Waals surface area contributed by atoms with Crippen molar-refractivity contribution >= 4 is 23.2 Å². The van der Waals surface area contributed by atoms with Crippen LogP contribution in [0.2, 0.25) is 0 Å². The molecule has 1 aliphatic heterocycles. The quantitative estimate of drug-likeness (QED) is 0.559. The number of benzene rings is 1. The summed E-state index contributed by atoms with van der Waals surface area (Å²) in [4.78, 5) is 17.5. The molecular formula is C23H29F2N3O4. The van der Waals surface area contributed by atoms with Gasteiger partial charge in [0.1, 0.15) is 0 Å². The molecule has 1 atom stereocenters. The van der Waals surface area contributed by atoms with E-state index in [-0.39, 0.29) is 24.9 Å². The van der Waals surface area contributed by atoms with Crippen LogP contribution in [-0.2, 0) is 14.3 Å². The van der Waals surface area contributed by atoms with Crippen LogP contribution in [0.3, 0.4) is 0 Å². The topological polar surface area (TPSA) is 83.9 Å². The Morgan fingerprint density at radius 3 is 2.75 bits per heavy atom. The number of rotatable bonds is 10. The molecule has 1 aromatic carbocycles. The number of carboxylic acids is 1. The second kappa shape index (κ2) is 11.2. The van der Waals surface area contributed by atoms with Crippen LogP contribution in [0, 0.1) is 11.6 Å². The van der Waals surface area contributed by atoms with Gasteiger partial charge in [0.25, 0.3) is 0 Å². The molecule has 9 heteroatoms. The lowest BCUT2D eigenvalue weighted by molar-refractivity contribution is -0.137. The van der Waals surface area contributed by atoms with Gasteiger partial charge in [-0.25, -0.2) is 9.37 Å². The Balaban J connectivity index is 2.04. The zero-order valence-electron chi connectivity index (χ0n) is 18.3. The van der Waals surface area contributed by atoms with Crippen molar-refractivity contribution in [1.29, 1.82) is 0 Å². The van der Waals surface area contributed by atoms with E-state index >= 15 is 0 Å². The molecular weight excluding hydrogens is 420 g/mol. The minimum atomic E-state index is -1.07. The molecule has 32 heavy (non-hydrogen) atoms. The highest BCUT2D eigenvalue weighted by atomic mass is 19.2. The SMILES string of the molecule is CCN(c1ccc(C(COC)CC(=O)O)cc1Nc1nccc(F)c1F)C1CCOCC1. The molecule has 0 aliphatic carbocycles. The number of pyridine rings is 1. The van der Waals surface area contributed by atoms with E-state index in [1.165, 1.54) is 13.3 Å². The molecule has 1 aliphatic rings. The highest BCUT2D eigenvalue weighted by Crippen LogP contribution is 2.36. The lowest BCUT2D eigenvalue weighted by Crippen LogP contribution is -2.39. The van der Waals surface area contributed by atoms with E-state index in [4.69, 9.17) is 9.47 Å². The van der Waals surface area contributed by atoms with Crippen molar-refractivity contribution in [2.24, 2.45) is 0 Å². The third-order valence-corrected chi connectivity index (χ3v) is 5.66. The molecule has 7 nitrogen and oxygen atoms in total. The van der Waals surface area contributed by atoms with Gasteiger partial charge in [-0.3, -0.25) is 4.79 Å². The van der Waals surface area contributed by atoms with Crippen LogP contribution in [0.5, 0.6) is 0 Å². The summed E-state index contributed by atoms with van der Waals surface area (Å²) in [6.07, 6.45) is 2.79. The van der Waals surface area contributed by atoms with Gasteiger partial charge in [0.05, 0.1) is 24.4 Å². The first-order chi connectivity index (χ1) is 15.4. The summed E-state index contributed by atoms with van der Waals surface area (Å²) in [6.45, 7) is 4.28. The number of aliphatic carboxylic acids is 1. The van der Waals surface area contributed by atoms with Gasteiger partial charge in [0, 0.05) is 45.0 Å². The lowest BCUT2D eigenvalue weighted by Gasteiger charge is -2.36. The third-order valence-electron chi connectivity index (χ3n) is 5.66. The number of nitrogens with one attached hydrogen (secondary N) is 1. The molecule has 2 aromatic rings. The number of nitrogens with zero attached hydrogens (tertiary/aromatic N) is 2. The number of carbonyl (C=O) groups is 1. The molecule has 0 radical (unpaired) electrons. The maximum Gasteiger partial charge on any atom is 0.304 e. The van der Waals surface area contributed by atoms with Gasteiger partial charge in [-0.15, -0.1) is 0 Å². The van der Waals surface area contributed by atoms with Crippen LogP contribution >= 0.6 is 0 Å². The minimum absolute atomic E-state index is 0.114. The first-order valence-corrected chi connectivity index (χ1v) is 10.7. The Morgan fingerprint density at radius 1 is 1.34 bits per heavy atom. The zero-order chi connectivity index (χ0) is 23.1. The molecule has 2 N–H and O–H groups in total. The number of carboxylic acid groups (broad SMARTS) is 1. The number of halogens is 2. The molecule has 2 heterocycles. The number of aromatic nitrogens is 1. The fraction of sp³-hybridized carbons (Fsp3) is 0.478. The molecule has 0 bridgehead atoms. The van der Waals surface area contributed by atoms with Crippen molar-refractivity contribution in [3.05, 3.63) is 47.7 Å². The molecule has 0 spiro atoms. The largest absolute Gasteiger partial charge is 0.481 e. The third kappa shape index (κ3) is 5.72. The summed E-state index contributed by atoms with van der Waals surface area (Å²) < 4.78 is 38.9. The van der Waals surface area contributed by atoms with Crippen LogP contribution < -0.4 is 10.2 Å². The summed E-state index contributed by atoms with van der Waals surface area (Å²) >= 11 is 0. The van der Waals surface area contributed by atoms with E-state index in [9.17, 15) is 18.7 Å². The minimum Gasteiger partial charge on any atom is -0.481 e. The summed E-state index contributed by atoms with van der Waals surface area (Å²) in [5, 5.41) is 12.2. The molecule has 0 saturated carbocycles. The van der Waals surface area contributed by atoms with Gasteiger partial charge in [-0.05, 0) is 43.5 Å². The maximum absolute atomic E-state index is 14.4. The standard InChI is InChI=1S/C23H29F2N3O4/c1-3-28(17-7-10-32-11-8-17)20-5-4-15(16(14-31-2)13-21(29)30)12-19(20)27-23-22(25)18(24)6-9-26-23/h4-6,9,12,16-17H,3,7-8,10-11,13-14H2,1-2H3,(H,26,27)(H,29,30). The van der Waals surface area contributed by atoms with E-state index in [1.54, 1.807) is 6.07 Å². The highest BCUT2D eigenvalue weighted by Gasteiger charge is 2.25. The van der Waals surface area contributed by atoms with Gasteiger partial charge < -0.3 is 24.8 Å². The smallest absolute Gasteiger partial charge is 0.304 e. The van der Waals surface area contributed by atoms with Gasteiger partial charge in [-0.1, -0.05) is 6.07 Å². The molecule has 174 valence electrons. The Bertz CT molecular complexity index is 922. The maximum atomic E-state index is 14.4. The molecule has 1 saturated heterocycles. The summed E-state index contributed by atoms with van der Waals surface area (Å²) in [5.74, 6) is -3.64. The van der Waals surface area contributed by atoms with Gasteiger partial charge in [-0.2, -0.15) is 4.39 Å². The van der Waals surface area contributed by atoms with Crippen LogP contribution in [-0.4, -0.2) is 55.6 Å². The number of methoxy groups -OCH3 is 1. The average molecular weight is 449 g/mol. The first kappa shape index (κ1) is 23.9. The Labute approximate surface area is 186 Å². The van der Waals surface area contributed by atoms with E-state index in [1.807, 2.05) is 19.1 Å². The molecule has 1 unspecified atom stereocenters. The van der Waals surface area contributed by atoms with Crippen molar-refractivity contribution in [2.45, 2.75) is 38.1 Å². The molecule has 3 rings (SSSR count). The second-order valence-corrected chi connectivity index (χ2v) is 7.74. The Morgan fingerprint density at radius 2 is 2.09 bits per heavy atom. The van der Waals surface area contributed by atoms with E-state index < -0.39 is 23.5 Å². The molecule has 1 fully saturated rings. The van der Waals surface area contributed by atoms with Crippen molar-refractivity contribution in [3.8, 4) is 0 Å². The monoisotopic (exact) mass is 449 g/mol. The number of hydrogen-bond acceptors (Lipinski definition) is 6. The van der Waals surface area contributed by atoms with Crippen molar-refractivity contribution in [2.75, 3.05) is 43.7 Å². The van der Waals surface area contributed by atoms with Crippen LogP contribution in [0.25, 0.3) is 0 Å². The van der Waals surface area contributed by atoms with E-state index in [0.29, 0.717) is 25.4 Å². The predicted octanol–water partition coefficient (Wildman–Crippen LogP) is 4.31. The number of hydrogen-bond donors (Lipinski definition) is 2. The van der Waals surface area contributed by atoms with Crippen LogP contribution in [0.1, 0.15) is 37.7 Å². The van der Waals surface area contributed by atoms with Crippen molar-refractivity contribution in [3.63, 3.8) is 0 Å². The molecule has 0 amide bonds. The van der Waals surface area contributed by atoms with E-state index in [2.05, 4.69) is 15.2 Å². The summed E-state index contributed by atoms with van der Waals surface area (Å²) in [5.41, 5.74) is 2.06. The first-order valence-electron chi connectivity index (χ1n) is 10.7. The zero-order valence-corrected chi connectivity index (χ0v) is 18.3. The summed E-state index contributed by atoms with van der Waals surface area (Å²) in [6, 6.07) is 6.72.